The van der Waals surface area contributed by atoms with E-state index in [0.29, 0.717) is 11.5 Å². The van der Waals surface area contributed by atoms with E-state index in [4.69, 9.17) is 0 Å². The van der Waals surface area contributed by atoms with Crippen LogP contribution in [0.25, 0.3) is 0 Å². The Balaban J connectivity index is 1.59. The van der Waals surface area contributed by atoms with E-state index in [9.17, 15) is 9.18 Å². The second-order valence-corrected chi connectivity index (χ2v) is 5.77. The molecule has 0 aliphatic heterocycles. The molecule has 3 rings (SSSR count). The third-order valence-corrected chi connectivity index (χ3v) is 3.84. The lowest BCUT2D eigenvalue weighted by Crippen LogP contribution is -2.22. The molecule has 0 saturated carbocycles. The smallest absolute Gasteiger partial charge is 0.276 e. The molecule has 0 atom stereocenters. The zero-order valence-electron chi connectivity index (χ0n) is 14.3. The molecule has 3 aromatic rings. The maximum Gasteiger partial charge on any atom is 0.276 e. The topological polar surface area (TPSA) is 71.0 Å². The van der Waals surface area contributed by atoms with Crippen LogP contribution in [0.2, 0.25) is 0 Å². The summed E-state index contributed by atoms with van der Waals surface area (Å²) in [6, 6.07) is 13.0. The average molecular weight is 351 g/mol. The van der Waals surface area contributed by atoms with Crippen molar-refractivity contribution in [3.63, 3.8) is 0 Å². The number of pyridine rings is 1. The van der Waals surface area contributed by atoms with Crippen molar-refractivity contribution in [3.05, 3.63) is 78.0 Å². The summed E-state index contributed by atoms with van der Waals surface area (Å²) < 4.78 is 13.2. The van der Waals surface area contributed by atoms with Crippen molar-refractivity contribution in [2.24, 2.45) is 0 Å². The molecule has 1 aromatic carbocycles. The molecule has 2 aromatic heterocycles. The summed E-state index contributed by atoms with van der Waals surface area (Å²) in [6.45, 7) is 0.757. The fourth-order valence-electron chi connectivity index (χ4n) is 2.37. The Morgan fingerprint density at radius 2 is 1.92 bits per heavy atom. The second kappa shape index (κ2) is 8.15. The van der Waals surface area contributed by atoms with Crippen molar-refractivity contribution in [2.45, 2.75) is 6.42 Å². The van der Waals surface area contributed by atoms with Crippen molar-refractivity contribution in [2.75, 3.05) is 23.8 Å². The van der Waals surface area contributed by atoms with Gasteiger partial charge in [0.1, 0.15) is 5.82 Å². The van der Waals surface area contributed by atoms with E-state index in [0.717, 1.165) is 13.0 Å². The Hall–Kier alpha value is -3.35. The maximum absolute atomic E-state index is 13.2. The van der Waals surface area contributed by atoms with E-state index in [-0.39, 0.29) is 5.69 Å². The molecule has 0 unspecified atom stereocenters. The number of hydrogen-bond donors (Lipinski definition) is 1. The van der Waals surface area contributed by atoms with Crippen molar-refractivity contribution in [1.29, 1.82) is 0 Å². The molecular formula is C19H18FN5O. The summed E-state index contributed by atoms with van der Waals surface area (Å²) in [5.41, 5.74) is 1.72. The van der Waals surface area contributed by atoms with Crippen LogP contribution in [-0.4, -0.2) is 34.7 Å². The number of rotatable bonds is 6. The van der Waals surface area contributed by atoms with Crippen LogP contribution < -0.4 is 10.2 Å². The maximum atomic E-state index is 13.2. The monoisotopic (exact) mass is 351 g/mol. The first-order chi connectivity index (χ1) is 12.6. The lowest BCUT2D eigenvalue weighted by Gasteiger charge is -2.17. The molecule has 2 heterocycles. The Labute approximate surface area is 150 Å². The lowest BCUT2D eigenvalue weighted by molar-refractivity contribution is 0.102. The quantitative estimate of drug-likeness (QED) is 0.739. The standard InChI is InChI=1S/C19H18FN5O/c1-25(12-9-14-7-10-21-11-8-14)18-6-5-17(23-24-18)19(26)22-16-4-2-3-15(20)13-16/h2-8,10-11,13H,9,12H2,1H3,(H,22,26). The van der Waals surface area contributed by atoms with Crippen molar-refractivity contribution in [3.8, 4) is 0 Å². The van der Waals surface area contributed by atoms with Gasteiger partial charge in [0.05, 0.1) is 0 Å². The van der Waals surface area contributed by atoms with E-state index in [1.165, 1.54) is 23.8 Å². The lowest BCUT2D eigenvalue weighted by atomic mass is 10.2. The molecule has 0 bridgehead atoms. The normalized spacial score (nSPS) is 10.4. The first-order valence-electron chi connectivity index (χ1n) is 8.12. The molecule has 0 fully saturated rings. The first kappa shape index (κ1) is 17.5. The predicted molar refractivity (Wildman–Crippen MR) is 97.6 cm³/mol. The minimum atomic E-state index is -0.436. The average Bonchev–Trinajstić information content (AvgIpc) is 2.67. The molecule has 132 valence electrons. The third kappa shape index (κ3) is 4.60. The van der Waals surface area contributed by atoms with Gasteiger partial charge < -0.3 is 10.2 Å². The van der Waals surface area contributed by atoms with Gasteiger partial charge in [0.25, 0.3) is 5.91 Å². The van der Waals surface area contributed by atoms with Gasteiger partial charge in [-0.2, -0.15) is 0 Å². The highest BCUT2D eigenvalue weighted by atomic mass is 19.1. The molecule has 7 heteroatoms. The van der Waals surface area contributed by atoms with Crippen molar-refractivity contribution < 1.29 is 9.18 Å². The minimum absolute atomic E-state index is 0.167. The van der Waals surface area contributed by atoms with Gasteiger partial charge in [-0.05, 0) is 54.4 Å². The molecule has 0 aliphatic rings. The van der Waals surface area contributed by atoms with Crippen LogP contribution >= 0.6 is 0 Å². The van der Waals surface area contributed by atoms with Crippen molar-refractivity contribution >= 4 is 17.4 Å². The highest BCUT2D eigenvalue weighted by molar-refractivity contribution is 6.02. The summed E-state index contributed by atoms with van der Waals surface area (Å²) in [7, 11) is 1.91. The van der Waals surface area contributed by atoms with E-state index < -0.39 is 11.7 Å². The highest BCUT2D eigenvalue weighted by Crippen LogP contribution is 2.12. The van der Waals surface area contributed by atoms with Gasteiger partial charge in [0.15, 0.2) is 11.5 Å². The van der Waals surface area contributed by atoms with E-state index in [2.05, 4.69) is 20.5 Å². The molecule has 1 N–H and O–H groups in total. The zero-order valence-corrected chi connectivity index (χ0v) is 14.3. The van der Waals surface area contributed by atoms with E-state index >= 15 is 0 Å². The van der Waals surface area contributed by atoms with Gasteiger partial charge >= 0.3 is 0 Å². The van der Waals surface area contributed by atoms with Crippen LogP contribution in [0.15, 0.2) is 60.9 Å². The fourth-order valence-corrected chi connectivity index (χ4v) is 2.37. The molecule has 26 heavy (non-hydrogen) atoms. The fraction of sp³-hybridized carbons (Fsp3) is 0.158. The van der Waals surface area contributed by atoms with Crippen LogP contribution in [0, 0.1) is 5.82 Å². The second-order valence-electron chi connectivity index (χ2n) is 5.77. The molecule has 0 saturated heterocycles. The Bertz CT molecular complexity index is 871. The number of carbonyl (C=O) groups excluding carboxylic acids is 1. The number of amides is 1. The van der Waals surface area contributed by atoms with Gasteiger partial charge in [-0.25, -0.2) is 4.39 Å². The molecule has 1 amide bonds. The number of likely N-dealkylation sites (N-methyl/N-ethyl adjacent to an activating group) is 1. The number of benzene rings is 1. The Kier molecular flexibility index (Phi) is 5.48. The van der Waals surface area contributed by atoms with Crippen molar-refractivity contribution in [1.82, 2.24) is 15.2 Å². The highest BCUT2D eigenvalue weighted by Gasteiger charge is 2.10. The number of anilines is 2. The number of nitrogens with zero attached hydrogens (tertiary/aromatic N) is 4. The molecule has 6 nitrogen and oxygen atoms in total. The zero-order chi connectivity index (χ0) is 18.4. The summed E-state index contributed by atoms with van der Waals surface area (Å²) >= 11 is 0. The van der Waals surface area contributed by atoms with Gasteiger partial charge in [-0.1, -0.05) is 6.07 Å². The summed E-state index contributed by atoms with van der Waals surface area (Å²) in [4.78, 5) is 18.1. The van der Waals surface area contributed by atoms with Gasteiger partial charge in [-0.3, -0.25) is 9.78 Å². The van der Waals surface area contributed by atoms with Gasteiger partial charge in [0.2, 0.25) is 0 Å². The predicted octanol–water partition coefficient (Wildman–Crippen LogP) is 2.94. The number of aromatic nitrogens is 3. The summed E-state index contributed by atoms with van der Waals surface area (Å²) in [5.74, 6) is -0.185. The van der Waals surface area contributed by atoms with Crippen LogP contribution in [0.1, 0.15) is 16.1 Å². The van der Waals surface area contributed by atoms with Crippen LogP contribution in [0.3, 0.4) is 0 Å². The third-order valence-electron chi connectivity index (χ3n) is 3.84. The van der Waals surface area contributed by atoms with Gasteiger partial charge in [-0.15, -0.1) is 10.2 Å². The molecule has 0 aliphatic carbocycles. The Morgan fingerprint density at radius 3 is 2.62 bits per heavy atom. The first-order valence-corrected chi connectivity index (χ1v) is 8.12. The number of halogens is 1. The molecule has 0 spiro atoms. The summed E-state index contributed by atoms with van der Waals surface area (Å²) in [5, 5.41) is 10.7. The molecular weight excluding hydrogens is 333 g/mol. The SMILES string of the molecule is CN(CCc1ccncc1)c1ccc(C(=O)Nc2cccc(F)c2)nn1. The largest absolute Gasteiger partial charge is 0.358 e. The minimum Gasteiger partial charge on any atom is -0.358 e. The van der Waals surface area contributed by atoms with Gasteiger partial charge in [0, 0.05) is 31.7 Å². The summed E-state index contributed by atoms with van der Waals surface area (Å²) in [6.07, 6.45) is 4.38. The van der Waals surface area contributed by atoms with E-state index in [1.54, 1.807) is 30.6 Å². The Morgan fingerprint density at radius 1 is 1.12 bits per heavy atom. The van der Waals surface area contributed by atoms with Crippen LogP contribution in [-0.2, 0) is 6.42 Å². The van der Waals surface area contributed by atoms with Crippen LogP contribution in [0.4, 0.5) is 15.9 Å². The molecule has 0 radical (unpaired) electrons. The van der Waals surface area contributed by atoms with E-state index in [1.807, 2.05) is 24.1 Å². The number of hydrogen-bond acceptors (Lipinski definition) is 5. The van der Waals surface area contributed by atoms with Crippen LogP contribution in [0.5, 0.6) is 0 Å². The number of nitrogens with one attached hydrogen (secondary N) is 1. The number of carbonyl (C=O) groups is 1.